The van der Waals surface area contributed by atoms with Crippen LogP contribution in [0, 0.1) is 0 Å². The summed E-state index contributed by atoms with van der Waals surface area (Å²) in [5.41, 5.74) is 2.66. The van der Waals surface area contributed by atoms with E-state index in [0.717, 1.165) is 24.0 Å². The lowest BCUT2D eigenvalue weighted by atomic mass is 10.1. The molecule has 3 heteroatoms. The lowest BCUT2D eigenvalue weighted by molar-refractivity contribution is 0.472. The van der Waals surface area contributed by atoms with E-state index in [0.29, 0.717) is 6.04 Å². The van der Waals surface area contributed by atoms with E-state index in [4.69, 9.17) is 0 Å². The maximum Gasteiger partial charge on any atom is 0.0510 e. The Balaban J connectivity index is 2.14. The van der Waals surface area contributed by atoms with Crippen LogP contribution in [0.4, 0.5) is 5.69 Å². The van der Waals surface area contributed by atoms with Crippen molar-refractivity contribution in [1.82, 2.24) is 5.32 Å². The summed E-state index contributed by atoms with van der Waals surface area (Å²) in [7, 11) is 0. The molecule has 2 rings (SSSR count). The smallest absolute Gasteiger partial charge is 0.0510 e. The van der Waals surface area contributed by atoms with Crippen LogP contribution in [-0.4, -0.2) is 19.1 Å². The van der Waals surface area contributed by atoms with E-state index in [9.17, 15) is 0 Å². The van der Waals surface area contributed by atoms with E-state index in [1.165, 1.54) is 11.3 Å². The number of hydrogen-bond donors (Lipinski definition) is 2. The minimum atomic E-state index is 0.612. The van der Waals surface area contributed by atoms with Gasteiger partial charge in [0.1, 0.15) is 0 Å². The van der Waals surface area contributed by atoms with E-state index < -0.39 is 0 Å². The molecule has 2 N–H and O–H groups in total. The number of hydrogen-bond acceptors (Lipinski definition) is 2. The zero-order chi connectivity index (χ0) is 9.97. The molecule has 0 amide bonds. The first-order chi connectivity index (χ1) is 6.79. The normalized spacial score (nSPS) is 16.4. The Labute approximate surface area is 93.2 Å². The molecular formula is C11H15BrN2. The predicted molar refractivity (Wildman–Crippen MR) is 63.8 cm³/mol. The van der Waals surface area contributed by atoms with Crippen molar-refractivity contribution in [2.45, 2.75) is 19.4 Å². The Kier molecular flexibility index (Phi) is 3.08. The third-order valence-electron chi connectivity index (χ3n) is 2.59. The van der Waals surface area contributed by atoms with Crippen LogP contribution < -0.4 is 10.6 Å². The third kappa shape index (κ3) is 2.10. The molecule has 0 unspecified atom stereocenters. The zero-order valence-electron chi connectivity index (χ0n) is 8.31. The van der Waals surface area contributed by atoms with E-state index in [1.807, 2.05) is 0 Å². The first kappa shape index (κ1) is 9.99. The van der Waals surface area contributed by atoms with Crippen LogP contribution in [0.1, 0.15) is 12.5 Å². The van der Waals surface area contributed by atoms with Crippen molar-refractivity contribution in [1.29, 1.82) is 0 Å². The molecule has 1 fully saturated rings. The highest BCUT2D eigenvalue weighted by molar-refractivity contribution is 9.10. The average Bonchev–Trinajstić information content (AvgIpc) is 2.13. The van der Waals surface area contributed by atoms with Crippen molar-refractivity contribution < 1.29 is 0 Å². The number of aryl methyl sites for hydroxylation is 1. The van der Waals surface area contributed by atoms with Crippen molar-refractivity contribution in [3.05, 3.63) is 28.2 Å². The molecule has 1 aliphatic heterocycles. The van der Waals surface area contributed by atoms with E-state index in [-0.39, 0.29) is 0 Å². The molecule has 1 aromatic carbocycles. The third-order valence-corrected chi connectivity index (χ3v) is 3.08. The van der Waals surface area contributed by atoms with Gasteiger partial charge in [-0.15, -0.1) is 0 Å². The maximum atomic E-state index is 3.54. The van der Waals surface area contributed by atoms with Crippen molar-refractivity contribution in [3.63, 3.8) is 0 Å². The van der Waals surface area contributed by atoms with Gasteiger partial charge in [-0.1, -0.05) is 22.9 Å². The molecule has 0 spiro atoms. The molecule has 0 radical (unpaired) electrons. The SMILES string of the molecule is CCc1cc(Br)ccc1NC1CNC1. The summed E-state index contributed by atoms with van der Waals surface area (Å²) in [5.74, 6) is 0. The predicted octanol–water partition coefficient (Wildman–Crippen LogP) is 2.40. The molecule has 1 heterocycles. The highest BCUT2D eigenvalue weighted by atomic mass is 79.9. The second-order valence-electron chi connectivity index (χ2n) is 3.65. The molecule has 2 nitrogen and oxygen atoms in total. The molecule has 0 atom stereocenters. The van der Waals surface area contributed by atoms with Gasteiger partial charge in [0.25, 0.3) is 0 Å². The van der Waals surface area contributed by atoms with Crippen molar-refractivity contribution in [2.24, 2.45) is 0 Å². The van der Waals surface area contributed by atoms with Gasteiger partial charge in [-0.2, -0.15) is 0 Å². The minimum absolute atomic E-state index is 0.612. The van der Waals surface area contributed by atoms with Crippen LogP contribution in [0.3, 0.4) is 0 Å². The first-order valence-electron chi connectivity index (χ1n) is 5.05. The molecule has 1 aromatic rings. The summed E-state index contributed by atoms with van der Waals surface area (Å²) < 4.78 is 1.16. The van der Waals surface area contributed by atoms with Crippen LogP contribution in [0.2, 0.25) is 0 Å². The summed E-state index contributed by atoms with van der Waals surface area (Å²) in [5, 5.41) is 6.80. The largest absolute Gasteiger partial charge is 0.380 e. The quantitative estimate of drug-likeness (QED) is 0.866. The second kappa shape index (κ2) is 4.32. The Morgan fingerprint density at radius 1 is 1.50 bits per heavy atom. The molecule has 14 heavy (non-hydrogen) atoms. The fourth-order valence-corrected chi connectivity index (χ4v) is 2.01. The monoisotopic (exact) mass is 254 g/mol. The molecule has 0 saturated carbocycles. The lowest BCUT2D eigenvalue weighted by Crippen LogP contribution is -2.51. The van der Waals surface area contributed by atoms with Gasteiger partial charge in [0.15, 0.2) is 0 Å². The molecular weight excluding hydrogens is 240 g/mol. The van der Waals surface area contributed by atoms with Gasteiger partial charge < -0.3 is 10.6 Å². The number of anilines is 1. The van der Waals surface area contributed by atoms with Crippen LogP contribution in [-0.2, 0) is 6.42 Å². The molecule has 1 saturated heterocycles. The summed E-state index contributed by atoms with van der Waals surface area (Å²) >= 11 is 3.49. The molecule has 0 bridgehead atoms. The Bertz CT molecular complexity index is 321. The molecule has 0 aromatic heterocycles. The first-order valence-corrected chi connectivity index (χ1v) is 5.84. The van der Waals surface area contributed by atoms with E-state index in [1.54, 1.807) is 0 Å². The molecule has 1 aliphatic rings. The highest BCUT2D eigenvalue weighted by Gasteiger charge is 2.16. The van der Waals surface area contributed by atoms with E-state index >= 15 is 0 Å². The van der Waals surface area contributed by atoms with Crippen LogP contribution in [0.25, 0.3) is 0 Å². The summed E-state index contributed by atoms with van der Waals surface area (Å²) in [6.45, 7) is 4.35. The van der Waals surface area contributed by atoms with Gasteiger partial charge in [0.2, 0.25) is 0 Å². The second-order valence-corrected chi connectivity index (χ2v) is 4.57. The zero-order valence-corrected chi connectivity index (χ0v) is 9.89. The van der Waals surface area contributed by atoms with Gasteiger partial charge in [-0.05, 0) is 30.2 Å². The topological polar surface area (TPSA) is 24.1 Å². The van der Waals surface area contributed by atoms with Gasteiger partial charge in [0.05, 0.1) is 6.04 Å². The van der Waals surface area contributed by atoms with Gasteiger partial charge in [-0.3, -0.25) is 0 Å². The summed E-state index contributed by atoms with van der Waals surface area (Å²) in [6, 6.07) is 7.05. The molecule has 76 valence electrons. The average molecular weight is 255 g/mol. The van der Waals surface area contributed by atoms with Crippen LogP contribution in [0.15, 0.2) is 22.7 Å². The van der Waals surface area contributed by atoms with Crippen molar-refractivity contribution in [2.75, 3.05) is 18.4 Å². The maximum absolute atomic E-state index is 3.54. The lowest BCUT2D eigenvalue weighted by Gasteiger charge is -2.29. The Morgan fingerprint density at radius 2 is 2.29 bits per heavy atom. The van der Waals surface area contributed by atoms with Gasteiger partial charge in [0, 0.05) is 23.2 Å². The highest BCUT2D eigenvalue weighted by Crippen LogP contribution is 2.22. The number of halogens is 1. The van der Waals surface area contributed by atoms with E-state index in [2.05, 4.69) is 51.7 Å². The fraction of sp³-hybridized carbons (Fsp3) is 0.455. The number of benzene rings is 1. The number of nitrogens with one attached hydrogen (secondary N) is 2. The van der Waals surface area contributed by atoms with Gasteiger partial charge in [-0.25, -0.2) is 0 Å². The Morgan fingerprint density at radius 3 is 2.86 bits per heavy atom. The van der Waals surface area contributed by atoms with Crippen LogP contribution in [0.5, 0.6) is 0 Å². The Hall–Kier alpha value is -0.540. The fourth-order valence-electron chi connectivity index (χ4n) is 1.61. The number of rotatable bonds is 3. The summed E-state index contributed by atoms with van der Waals surface area (Å²) in [4.78, 5) is 0. The minimum Gasteiger partial charge on any atom is -0.380 e. The van der Waals surface area contributed by atoms with Crippen molar-refractivity contribution >= 4 is 21.6 Å². The van der Waals surface area contributed by atoms with Crippen LogP contribution >= 0.6 is 15.9 Å². The summed E-state index contributed by atoms with van der Waals surface area (Å²) in [6.07, 6.45) is 1.07. The molecule has 0 aliphatic carbocycles. The van der Waals surface area contributed by atoms with Crippen molar-refractivity contribution in [3.8, 4) is 0 Å². The van der Waals surface area contributed by atoms with Gasteiger partial charge >= 0.3 is 0 Å². The standard InChI is InChI=1S/C11H15BrN2/c1-2-8-5-9(12)3-4-11(8)14-10-6-13-7-10/h3-5,10,13-14H,2,6-7H2,1H3.